The van der Waals surface area contributed by atoms with Crippen LogP contribution in [-0.4, -0.2) is 48.6 Å². The van der Waals surface area contributed by atoms with Gasteiger partial charge in [-0.1, -0.05) is 6.07 Å². The molecule has 0 spiro atoms. The lowest BCUT2D eigenvalue weighted by atomic mass is 10.2. The van der Waals surface area contributed by atoms with Gasteiger partial charge < -0.3 is 24.4 Å². The van der Waals surface area contributed by atoms with E-state index in [1.165, 1.54) is 25.3 Å². The van der Waals surface area contributed by atoms with Crippen molar-refractivity contribution in [1.82, 2.24) is 0 Å². The van der Waals surface area contributed by atoms with Crippen molar-refractivity contribution >= 4 is 18.0 Å². The van der Waals surface area contributed by atoms with Crippen LogP contribution in [0.4, 0.5) is 0 Å². The summed E-state index contributed by atoms with van der Waals surface area (Å²) < 4.78 is 14.8. The van der Waals surface area contributed by atoms with Crippen molar-refractivity contribution in [1.29, 1.82) is 0 Å². The van der Waals surface area contributed by atoms with E-state index in [2.05, 4.69) is 0 Å². The van der Waals surface area contributed by atoms with Crippen molar-refractivity contribution in [2.45, 2.75) is 13.0 Å². The van der Waals surface area contributed by atoms with E-state index in [4.69, 9.17) is 19.3 Å². The highest BCUT2D eigenvalue weighted by atomic mass is 16.6. The summed E-state index contributed by atoms with van der Waals surface area (Å²) >= 11 is 0. The van der Waals surface area contributed by atoms with E-state index in [0.717, 1.165) is 0 Å². The minimum absolute atomic E-state index is 0.0910. The number of aliphatic hydroxyl groups is 2. The van der Waals surface area contributed by atoms with Crippen LogP contribution in [0.1, 0.15) is 12.5 Å². The third-order valence-corrected chi connectivity index (χ3v) is 2.54. The second-order valence-electron chi connectivity index (χ2n) is 4.12. The lowest BCUT2D eigenvalue weighted by Crippen LogP contribution is -2.28. The summed E-state index contributed by atoms with van der Waals surface area (Å²) in [6.45, 7) is 1.26. The van der Waals surface area contributed by atoms with Crippen LogP contribution in [0.25, 0.3) is 6.08 Å². The normalized spacial score (nSPS) is 12.0. The SMILES string of the molecule is CCOC(=O)C=Cc1ccc(OC(=O)C(O)CO)c(OC)c1. The molecule has 0 saturated heterocycles. The van der Waals surface area contributed by atoms with Crippen molar-refractivity contribution < 1.29 is 34.0 Å². The Morgan fingerprint density at radius 1 is 1.32 bits per heavy atom. The Bertz CT molecular complexity index is 551. The number of methoxy groups -OCH3 is 1. The number of rotatable bonds is 7. The molecule has 120 valence electrons. The standard InChI is InChI=1S/C15H18O7/c1-3-21-14(18)7-5-10-4-6-12(13(8-10)20-2)22-15(19)11(17)9-16/h4-8,11,16-17H,3,9H2,1-2H3. The average Bonchev–Trinajstić information content (AvgIpc) is 2.53. The molecule has 0 aliphatic heterocycles. The van der Waals surface area contributed by atoms with E-state index < -0.39 is 24.6 Å². The van der Waals surface area contributed by atoms with Gasteiger partial charge in [-0.15, -0.1) is 0 Å². The van der Waals surface area contributed by atoms with Crippen molar-refractivity contribution in [2.75, 3.05) is 20.3 Å². The van der Waals surface area contributed by atoms with Crippen LogP contribution in [0.5, 0.6) is 11.5 Å². The van der Waals surface area contributed by atoms with Gasteiger partial charge >= 0.3 is 11.9 Å². The summed E-state index contributed by atoms with van der Waals surface area (Å²) in [5.74, 6) is -1.13. The van der Waals surface area contributed by atoms with Gasteiger partial charge in [-0.3, -0.25) is 0 Å². The Kier molecular flexibility index (Phi) is 7.07. The van der Waals surface area contributed by atoms with Gasteiger partial charge in [0.05, 0.1) is 20.3 Å². The molecule has 0 radical (unpaired) electrons. The zero-order valence-corrected chi connectivity index (χ0v) is 12.3. The van der Waals surface area contributed by atoms with Gasteiger partial charge in [-0.25, -0.2) is 9.59 Å². The highest BCUT2D eigenvalue weighted by Gasteiger charge is 2.18. The number of aliphatic hydroxyl groups excluding tert-OH is 2. The van der Waals surface area contributed by atoms with Gasteiger partial charge in [0.15, 0.2) is 17.6 Å². The second-order valence-corrected chi connectivity index (χ2v) is 4.12. The third kappa shape index (κ3) is 5.19. The quantitative estimate of drug-likeness (QED) is 0.430. The minimum Gasteiger partial charge on any atom is -0.493 e. The van der Waals surface area contributed by atoms with Crippen LogP contribution >= 0.6 is 0 Å². The molecule has 0 aliphatic carbocycles. The predicted molar refractivity (Wildman–Crippen MR) is 77.4 cm³/mol. The molecular weight excluding hydrogens is 292 g/mol. The molecule has 0 bridgehead atoms. The van der Waals surface area contributed by atoms with Gasteiger partial charge in [0.1, 0.15) is 0 Å². The number of esters is 2. The molecule has 0 aromatic heterocycles. The number of carbonyl (C=O) groups is 2. The molecular formula is C15H18O7. The number of carbonyl (C=O) groups excluding carboxylic acids is 2. The van der Waals surface area contributed by atoms with Crippen LogP contribution in [-0.2, 0) is 14.3 Å². The summed E-state index contributed by atoms with van der Waals surface area (Å²) in [7, 11) is 1.38. The average molecular weight is 310 g/mol. The smallest absolute Gasteiger partial charge is 0.342 e. The molecule has 0 fully saturated rings. The largest absolute Gasteiger partial charge is 0.493 e. The topological polar surface area (TPSA) is 102 Å². The Morgan fingerprint density at radius 2 is 2.05 bits per heavy atom. The van der Waals surface area contributed by atoms with E-state index in [0.29, 0.717) is 5.56 Å². The van der Waals surface area contributed by atoms with Crippen LogP contribution in [0.3, 0.4) is 0 Å². The Morgan fingerprint density at radius 3 is 2.64 bits per heavy atom. The first-order valence-corrected chi connectivity index (χ1v) is 6.55. The zero-order chi connectivity index (χ0) is 16.5. The molecule has 1 aromatic rings. The molecule has 1 atom stereocenters. The fraction of sp³-hybridized carbons (Fsp3) is 0.333. The lowest BCUT2D eigenvalue weighted by Gasteiger charge is -2.11. The molecule has 0 aliphatic rings. The maximum atomic E-state index is 11.4. The third-order valence-electron chi connectivity index (χ3n) is 2.54. The molecule has 7 heteroatoms. The van der Waals surface area contributed by atoms with Gasteiger partial charge in [0.2, 0.25) is 0 Å². The predicted octanol–water partition coefficient (Wildman–Crippen LogP) is 0.530. The Hall–Kier alpha value is -2.38. The molecule has 1 unspecified atom stereocenters. The Labute approximate surface area is 127 Å². The number of benzene rings is 1. The van der Waals surface area contributed by atoms with Crippen molar-refractivity contribution in [3.05, 3.63) is 29.8 Å². The monoisotopic (exact) mass is 310 g/mol. The molecule has 1 rings (SSSR count). The van der Waals surface area contributed by atoms with E-state index in [-0.39, 0.29) is 18.1 Å². The first-order chi connectivity index (χ1) is 10.5. The highest BCUT2D eigenvalue weighted by Crippen LogP contribution is 2.28. The molecule has 0 saturated carbocycles. The summed E-state index contributed by atoms with van der Waals surface area (Å²) in [5, 5.41) is 17.9. The summed E-state index contributed by atoms with van der Waals surface area (Å²) in [6, 6.07) is 4.58. The van der Waals surface area contributed by atoms with Gasteiger partial charge in [0.25, 0.3) is 0 Å². The molecule has 22 heavy (non-hydrogen) atoms. The van der Waals surface area contributed by atoms with E-state index in [1.807, 2.05) is 0 Å². The van der Waals surface area contributed by atoms with E-state index in [9.17, 15) is 14.7 Å². The Balaban J connectivity index is 2.87. The second kappa shape index (κ2) is 8.81. The van der Waals surface area contributed by atoms with Crippen LogP contribution in [0.15, 0.2) is 24.3 Å². The van der Waals surface area contributed by atoms with Crippen molar-refractivity contribution in [3.8, 4) is 11.5 Å². The minimum atomic E-state index is -1.62. The highest BCUT2D eigenvalue weighted by molar-refractivity contribution is 5.87. The maximum Gasteiger partial charge on any atom is 0.342 e. The van der Waals surface area contributed by atoms with Gasteiger partial charge in [-0.05, 0) is 30.7 Å². The van der Waals surface area contributed by atoms with Crippen LogP contribution in [0.2, 0.25) is 0 Å². The molecule has 0 heterocycles. The zero-order valence-electron chi connectivity index (χ0n) is 12.3. The molecule has 7 nitrogen and oxygen atoms in total. The number of ether oxygens (including phenoxy) is 3. The fourth-order valence-corrected chi connectivity index (χ4v) is 1.48. The molecule has 2 N–H and O–H groups in total. The fourth-order valence-electron chi connectivity index (χ4n) is 1.48. The van der Waals surface area contributed by atoms with Crippen molar-refractivity contribution in [3.63, 3.8) is 0 Å². The summed E-state index contributed by atoms with van der Waals surface area (Å²) in [5.41, 5.74) is 0.632. The number of hydrogen-bond acceptors (Lipinski definition) is 7. The first-order valence-electron chi connectivity index (χ1n) is 6.55. The van der Waals surface area contributed by atoms with Gasteiger partial charge in [-0.2, -0.15) is 0 Å². The van der Waals surface area contributed by atoms with Crippen LogP contribution < -0.4 is 9.47 Å². The van der Waals surface area contributed by atoms with Crippen LogP contribution in [0, 0.1) is 0 Å². The number of hydrogen-bond donors (Lipinski definition) is 2. The maximum absolute atomic E-state index is 11.4. The van der Waals surface area contributed by atoms with E-state index in [1.54, 1.807) is 19.1 Å². The van der Waals surface area contributed by atoms with Gasteiger partial charge in [0, 0.05) is 6.08 Å². The van der Waals surface area contributed by atoms with Crippen molar-refractivity contribution in [2.24, 2.45) is 0 Å². The molecule has 0 amide bonds. The first kappa shape index (κ1) is 17.7. The summed E-state index contributed by atoms with van der Waals surface area (Å²) in [4.78, 5) is 22.7. The molecule has 1 aromatic carbocycles. The summed E-state index contributed by atoms with van der Waals surface area (Å²) in [6.07, 6.45) is 1.17. The lowest BCUT2D eigenvalue weighted by molar-refractivity contribution is -0.145. The van der Waals surface area contributed by atoms with E-state index >= 15 is 0 Å².